The molecule has 4 N–H and O–H groups in total. The molecule has 0 fully saturated rings. The number of H-pyrrole nitrogens is 1. The van der Waals surface area contributed by atoms with Gasteiger partial charge in [0.1, 0.15) is 11.4 Å². The van der Waals surface area contributed by atoms with Gasteiger partial charge in [-0.3, -0.25) is 9.59 Å². The fourth-order valence-corrected chi connectivity index (χ4v) is 4.26. The normalized spacial score (nSPS) is 10.8. The number of aromatic amines is 1. The SMILES string of the molecule is O=C(Nc1ccc(Cl)cc1)c1ccc(NC(=O)c2[nH]c3ccc(Cl)cc3c2-c2ccccc2)cc1O. The lowest BCUT2D eigenvalue weighted by Crippen LogP contribution is -2.15. The van der Waals surface area contributed by atoms with Gasteiger partial charge in [-0.05, 0) is 60.2 Å². The number of hydrogen-bond donors (Lipinski definition) is 4. The highest BCUT2D eigenvalue weighted by molar-refractivity contribution is 6.32. The molecule has 2 amide bonds. The van der Waals surface area contributed by atoms with Crippen molar-refractivity contribution in [3.05, 3.63) is 112 Å². The Kier molecular flexibility index (Phi) is 6.38. The summed E-state index contributed by atoms with van der Waals surface area (Å²) in [6.45, 7) is 0. The molecule has 8 heteroatoms. The molecule has 0 bridgehead atoms. The Labute approximate surface area is 216 Å². The number of nitrogens with one attached hydrogen (secondary N) is 3. The van der Waals surface area contributed by atoms with E-state index < -0.39 is 11.8 Å². The van der Waals surface area contributed by atoms with Crippen molar-refractivity contribution in [3.63, 3.8) is 0 Å². The summed E-state index contributed by atoms with van der Waals surface area (Å²) in [6, 6.07) is 25.8. The Morgan fingerprint density at radius 3 is 2.11 bits per heavy atom. The molecule has 4 aromatic carbocycles. The second kappa shape index (κ2) is 9.77. The molecule has 0 radical (unpaired) electrons. The van der Waals surface area contributed by atoms with Gasteiger partial charge >= 0.3 is 0 Å². The second-order valence-corrected chi connectivity index (χ2v) is 8.95. The molecule has 178 valence electrons. The molecular formula is C28H19Cl2N3O3. The van der Waals surface area contributed by atoms with Crippen molar-refractivity contribution in [2.45, 2.75) is 0 Å². The summed E-state index contributed by atoms with van der Waals surface area (Å²) in [7, 11) is 0. The average Bonchev–Trinajstić information content (AvgIpc) is 3.25. The lowest BCUT2D eigenvalue weighted by atomic mass is 10.0. The minimum Gasteiger partial charge on any atom is -0.507 e. The number of rotatable bonds is 5. The molecule has 6 nitrogen and oxygen atoms in total. The van der Waals surface area contributed by atoms with Crippen LogP contribution in [0.25, 0.3) is 22.0 Å². The van der Waals surface area contributed by atoms with Gasteiger partial charge in [0.05, 0.1) is 5.56 Å². The summed E-state index contributed by atoms with van der Waals surface area (Å²) < 4.78 is 0. The van der Waals surface area contributed by atoms with E-state index in [1.807, 2.05) is 42.5 Å². The predicted molar refractivity (Wildman–Crippen MR) is 144 cm³/mol. The van der Waals surface area contributed by atoms with Crippen LogP contribution in [0.2, 0.25) is 10.0 Å². The molecule has 0 atom stereocenters. The zero-order chi connectivity index (χ0) is 25.2. The summed E-state index contributed by atoms with van der Waals surface area (Å²) in [5.74, 6) is -1.17. The van der Waals surface area contributed by atoms with Gasteiger partial charge in [-0.2, -0.15) is 0 Å². The van der Waals surface area contributed by atoms with Crippen molar-refractivity contribution in [1.82, 2.24) is 4.98 Å². The van der Waals surface area contributed by atoms with Gasteiger partial charge in [-0.25, -0.2) is 0 Å². The van der Waals surface area contributed by atoms with E-state index in [4.69, 9.17) is 23.2 Å². The zero-order valence-corrected chi connectivity index (χ0v) is 20.2. The first-order valence-electron chi connectivity index (χ1n) is 11.0. The standard InChI is InChI=1S/C28H19Cl2N3O3/c29-17-6-9-19(10-7-17)31-27(35)21-12-11-20(15-24(21)34)32-28(36)26-25(16-4-2-1-3-5-16)22-14-18(30)8-13-23(22)33-26/h1-15,33-34H,(H,31,35)(H,32,36). The van der Waals surface area contributed by atoms with Gasteiger partial charge in [-0.15, -0.1) is 0 Å². The summed E-state index contributed by atoms with van der Waals surface area (Å²) >= 11 is 12.1. The first-order chi connectivity index (χ1) is 17.4. The molecule has 0 aliphatic carbocycles. The third kappa shape index (κ3) is 4.77. The molecule has 5 aromatic rings. The number of benzene rings is 4. The lowest BCUT2D eigenvalue weighted by molar-refractivity contribution is 0.101. The number of fused-ring (bicyclic) bond motifs is 1. The van der Waals surface area contributed by atoms with Crippen molar-refractivity contribution in [1.29, 1.82) is 0 Å². The highest BCUT2D eigenvalue weighted by atomic mass is 35.5. The maximum absolute atomic E-state index is 13.3. The van der Waals surface area contributed by atoms with Gasteiger partial charge in [-0.1, -0.05) is 53.5 Å². The van der Waals surface area contributed by atoms with Crippen LogP contribution in [-0.2, 0) is 0 Å². The fourth-order valence-electron chi connectivity index (χ4n) is 3.97. The molecule has 0 saturated carbocycles. The molecule has 0 saturated heterocycles. The monoisotopic (exact) mass is 515 g/mol. The Balaban J connectivity index is 1.42. The van der Waals surface area contributed by atoms with Crippen LogP contribution in [0.4, 0.5) is 11.4 Å². The van der Waals surface area contributed by atoms with E-state index >= 15 is 0 Å². The van der Waals surface area contributed by atoms with E-state index in [0.29, 0.717) is 32.7 Å². The topological polar surface area (TPSA) is 94.2 Å². The van der Waals surface area contributed by atoms with Gasteiger partial charge in [0.15, 0.2) is 0 Å². The van der Waals surface area contributed by atoms with E-state index in [1.54, 1.807) is 36.4 Å². The van der Waals surface area contributed by atoms with Gasteiger partial charge in [0.25, 0.3) is 11.8 Å². The van der Waals surface area contributed by atoms with Crippen molar-refractivity contribution < 1.29 is 14.7 Å². The number of phenolic OH excluding ortho intramolecular Hbond substituents is 1. The van der Waals surface area contributed by atoms with E-state index in [2.05, 4.69) is 15.6 Å². The highest BCUT2D eigenvalue weighted by Crippen LogP contribution is 2.34. The fraction of sp³-hybridized carbons (Fsp3) is 0. The summed E-state index contributed by atoms with van der Waals surface area (Å²) in [6.07, 6.45) is 0. The first-order valence-corrected chi connectivity index (χ1v) is 11.7. The second-order valence-electron chi connectivity index (χ2n) is 8.08. The van der Waals surface area contributed by atoms with Crippen LogP contribution < -0.4 is 10.6 Å². The van der Waals surface area contributed by atoms with Crippen molar-refractivity contribution in [3.8, 4) is 16.9 Å². The third-order valence-electron chi connectivity index (χ3n) is 5.65. The highest BCUT2D eigenvalue weighted by Gasteiger charge is 2.20. The van der Waals surface area contributed by atoms with Crippen molar-refractivity contribution in [2.75, 3.05) is 10.6 Å². The number of anilines is 2. The van der Waals surface area contributed by atoms with Crippen LogP contribution in [0.3, 0.4) is 0 Å². The van der Waals surface area contributed by atoms with E-state index in [0.717, 1.165) is 16.5 Å². The first kappa shape index (κ1) is 23.5. The molecule has 0 aliphatic heterocycles. The number of amides is 2. The Hall–Kier alpha value is -4.26. The summed E-state index contributed by atoms with van der Waals surface area (Å²) in [4.78, 5) is 29.1. The molecule has 1 heterocycles. The third-order valence-corrected chi connectivity index (χ3v) is 6.14. The zero-order valence-electron chi connectivity index (χ0n) is 18.7. The Morgan fingerprint density at radius 1 is 0.722 bits per heavy atom. The van der Waals surface area contributed by atoms with Crippen LogP contribution in [0.15, 0.2) is 91.0 Å². The molecular weight excluding hydrogens is 497 g/mol. The van der Waals surface area contributed by atoms with Crippen molar-refractivity contribution >= 4 is 57.3 Å². The van der Waals surface area contributed by atoms with Crippen LogP contribution in [0.1, 0.15) is 20.8 Å². The Morgan fingerprint density at radius 2 is 1.39 bits per heavy atom. The number of carbonyl (C=O) groups excluding carboxylic acids is 2. The molecule has 5 rings (SSSR count). The Bertz CT molecular complexity index is 1600. The van der Waals surface area contributed by atoms with Crippen LogP contribution in [-0.4, -0.2) is 21.9 Å². The number of hydrogen-bond acceptors (Lipinski definition) is 3. The smallest absolute Gasteiger partial charge is 0.272 e. The van der Waals surface area contributed by atoms with E-state index in [1.165, 1.54) is 12.1 Å². The number of halogens is 2. The van der Waals surface area contributed by atoms with Crippen LogP contribution in [0.5, 0.6) is 5.75 Å². The lowest BCUT2D eigenvalue weighted by Gasteiger charge is -2.10. The van der Waals surface area contributed by atoms with Crippen molar-refractivity contribution in [2.24, 2.45) is 0 Å². The maximum atomic E-state index is 13.3. The molecule has 36 heavy (non-hydrogen) atoms. The summed E-state index contributed by atoms with van der Waals surface area (Å²) in [5, 5.41) is 17.9. The maximum Gasteiger partial charge on any atom is 0.272 e. The molecule has 1 aromatic heterocycles. The number of aromatic hydroxyl groups is 1. The average molecular weight is 516 g/mol. The van der Waals surface area contributed by atoms with Gasteiger partial charge in [0, 0.05) is 44.0 Å². The predicted octanol–water partition coefficient (Wildman–Crippen LogP) is 7.35. The number of phenols is 1. The molecule has 0 aliphatic rings. The molecule has 0 unspecified atom stereocenters. The minimum atomic E-state index is -0.494. The van der Waals surface area contributed by atoms with Gasteiger partial charge < -0.3 is 20.7 Å². The van der Waals surface area contributed by atoms with Gasteiger partial charge in [0.2, 0.25) is 0 Å². The van der Waals surface area contributed by atoms with Crippen LogP contribution >= 0.6 is 23.2 Å². The summed E-state index contributed by atoms with van der Waals surface area (Å²) in [5.41, 5.74) is 3.61. The number of aromatic nitrogens is 1. The molecule has 0 spiro atoms. The van der Waals surface area contributed by atoms with E-state index in [-0.39, 0.29) is 11.3 Å². The van der Waals surface area contributed by atoms with E-state index in [9.17, 15) is 14.7 Å². The largest absolute Gasteiger partial charge is 0.507 e. The minimum absolute atomic E-state index is 0.0631. The quantitative estimate of drug-likeness (QED) is 0.197. The number of carbonyl (C=O) groups is 2. The van der Waals surface area contributed by atoms with Crippen LogP contribution in [0, 0.1) is 0 Å².